The molecule has 0 saturated carbocycles. The first-order chi connectivity index (χ1) is 6.11. The van der Waals surface area contributed by atoms with Gasteiger partial charge in [-0.3, -0.25) is 4.79 Å². The molecule has 0 aromatic heterocycles. The fourth-order valence-electron chi connectivity index (χ4n) is 0.960. The third-order valence-corrected chi connectivity index (χ3v) is 1.82. The van der Waals surface area contributed by atoms with Crippen LogP contribution in [0.5, 0.6) is 0 Å². The number of hydrogen-bond donors (Lipinski definition) is 2. The predicted molar refractivity (Wildman–Crippen MR) is 60.7 cm³/mol. The molecule has 1 unspecified atom stereocenters. The number of aryl methyl sites for hydroxylation is 1. The van der Waals surface area contributed by atoms with Crippen molar-refractivity contribution in [1.82, 2.24) is 0 Å². The average Bonchev–Trinajstić information content (AvgIpc) is 2.08. The molecule has 1 rings (SSSR count). The van der Waals surface area contributed by atoms with E-state index in [0.717, 1.165) is 11.3 Å². The summed E-state index contributed by atoms with van der Waals surface area (Å²) in [6, 6.07) is 7.13. The molecule has 0 aliphatic rings. The van der Waals surface area contributed by atoms with E-state index in [2.05, 4.69) is 5.32 Å². The Labute approximate surface area is 90.1 Å². The minimum atomic E-state index is -0.473. The Kier molecular flexibility index (Phi) is 5.20. The number of para-hydroxylation sites is 1. The summed E-state index contributed by atoms with van der Waals surface area (Å²) in [6.45, 7) is 3.60. The van der Waals surface area contributed by atoms with E-state index in [9.17, 15) is 4.79 Å². The summed E-state index contributed by atoms with van der Waals surface area (Å²) in [4.78, 5) is 11.2. The number of nitrogens with two attached hydrogens (primary N) is 1. The summed E-state index contributed by atoms with van der Waals surface area (Å²) in [5, 5.41) is 2.75. The van der Waals surface area contributed by atoms with Gasteiger partial charge in [0, 0.05) is 5.69 Å². The van der Waals surface area contributed by atoms with Crippen molar-refractivity contribution in [3.05, 3.63) is 29.8 Å². The van der Waals surface area contributed by atoms with Crippen LogP contribution < -0.4 is 11.1 Å². The first-order valence-electron chi connectivity index (χ1n) is 4.23. The first-order valence-corrected chi connectivity index (χ1v) is 4.23. The normalized spacial score (nSPS) is 11.4. The van der Waals surface area contributed by atoms with Gasteiger partial charge < -0.3 is 11.1 Å². The molecule has 0 spiro atoms. The maximum atomic E-state index is 11.2. The number of halogens is 1. The van der Waals surface area contributed by atoms with Crippen molar-refractivity contribution in [1.29, 1.82) is 0 Å². The summed E-state index contributed by atoms with van der Waals surface area (Å²) in [6.07, 6.45) is 0. The highest BCUT2D eigenvalue weighted by Gasteiger charge is 2.07. The number of nitrogens with one attached hydrogen (secondary N) is 1. The van der Waals surface area contributed by atoms with Crippen molar-refractivity contribution in [3.8, 4) is 0 Å². The Morgan fingerprint density at radius 1 is 1.43 bits per heavy atom. The van der Waals surface area contributed by atoms with E-state index in [-0.39, 0.29) is 18.3 Å². The van der Waals surface area contributed by atoms with Gasteiger partial charge in [-0.05, 0) is 25.5 Å². The zero-order valence-electron chi connectivity index (χ0n) is 8.28. The Morgan fingerprint density at radius 3 is 2.50 bits per heavy atom. The van der Waals surface area contributed by atoms with Gasteiger partial charge in [0.05, 0.1) is 6.04 Å². The van der Waals surface area contributed by atoms with Crippen molar-refractivity contribution in [2.24, 2.45) is 5.73 Å². The molecule has 0 heterocycles. The van der Waals surface area contributed by atoms with E-state index in [1.807, 2.05) is 31.2 Å². The number of carbonyl (C=O) groups excluding carboxylic acids is 1. The van der Waals surface area contributed by atoms with Crippen LogP contribution in [-0.4, -0.2) is 11.9 Å². The minimum absolute atomic E-state index is 0. The molecule has 0 radical (unpaired) electrons. The molecule has 0 aliphatic carbocycles. The molecule has 1 aromatic rings. The van der Waals surface area contributed by atoms with Crippen LogP contribution in [0.25, 0.3) is 0 Å². The second-order valence-corrected chi connectivity index (χ2v) is 3.09. The second-order valence-electron chi connectivity index (χ2n) is 3.09. The largest absolute Gasteiger partial charge is 0.325 e. The molecule has 1 atom stereocenters. The Morgan fingerprint density at radius 2 is 2.00 bits per heavy atom. The molecule has 14 heavy (non-hydrogen) atoms. The van der Waals surface area contributed by atoms with Crippen LogP contribution in [0.15, 0.2) is 24.3 Å². The van der Waals surface area contributed by atoms with Crippen LogP contribution >= 0.6 is 12.4 Å². The molecule has 78 valence electrons. The Balaban J connectivity index is 0.00000169. The van der Waals surface area contributed by atoms with E-state index in [4.69, 9.17) is 5.73 Å². The summed E-state index contributed by atoms with van der Waals surface area (Å²) in [5.74, 6) is -0.158. The van der Waals surface area contributed by atoms with E-state index < -0.39 is 6.04 Å². The lowest BCUT2D eigenvalue weighted by molar-refractivity contribution is -0.117. The second kappa shape index (κ2) is 5.62. The van der Waals surface area contributed by atoms with Gasteiger partial charge in [0.1, 0.15) is 0 Å². The van der Waals surface area contributed by atoms with E-state index in [1.165, 1.54) is 0 Å². The van der Waals surface area contributed by atoms with Gasteiger partial charge in [-0.25, -0.2) is 0 Å². The average molecular weight is 215 g/mol. The standard InChI is InChI=1S/C10H14N2O.ClH/c1-7-5-3-4-6-9(7)12-10(13)8(2)11;/h3-6,8H,11H2,1-2H3,(H,12,13);1H. The van der Waals surface area contributed by atoms with Gasteiger partial charge in [-0.15, -0.1) is 12.4 Å². The molecule has 3 nitrogen and oxygen atoms in total. The summed E-state index contributed by atoms with van der Waals surface area (Å²) < 4.78 is 0. The van der Waals surface area contributed by atoms with Gasteiger partial charge in [-0.2, -0.15) is 0 Å². The Hall–Kier alpha value is -1.06. The fraction of sp³-hybridized carbons (Fsp3) is 0.300. The van der Waals surface area contributed by atoms with Crippen LogP contribution in [0.2, 0.25) is 0 Å². The van der Waals surface area contributed by atoms with Crippen molar-refractivity contribution in [2.75, 3.05) is 5.32 Å². The molecular formula is C10H15ClN2O. The molecule has 0 saturated heterocycles. The van der Waals surface area contributed by atoms with Gasteiger partial charge in [0.2, 0.25) is 5.91 Å². The first kappa shape index (κ1) is 12.9. The highest BCUT2D eigenvalue weighted by Crippen LogP contribution is 2.12. The highest BCUT2D eigenvalue weighted by molar-refractivity contribution is 5.94. The molecule has 4 heteroatoms. The van der Waals surface area contributed by atoms with E-state index in [0.29, 0.717) is 0 Å². The van der Waals surface area contributed by atoms with Gasteiger partial charge in [0.25, 0.3) is 0 Å². The number of anilines is 1. The Bertz CT molecular complexity index is 313. The van der Waals surface area contributed by atoms with E-state index in [1.54, 1.807) is 6.92 Å². The molecule has 3 N–H and O–H groups in total. The molecule has 0 bridgehead atoms. The summed E-state index contributed by atoms with van der Waals surface area (Å²) >= 11 is 0. The zero-order valence-corrected chi connectivity index (χ0v) is 9.10. The number of hydrogen-bond acceptors (Lipinski definition) is 2. The van der Waals surface area contributed by atoms with Gasteiger partial charge >= 0.3 is 0 Å². The van der Waals surface area contributed by atoms with Crippen LogP contribution in [0, 0.1) is 6.92 Å². The van der Waals surface area contributed by atoms with E-state index >= 15 is 0 Å². The monoisotopic (exact) mass is 214 g/mol. The lowest BCUT2D eigenvalue weighted by Crippen LogP contribution is -2.32. The third-order valence-electron chi connectivity index (χ3n) is 1.82. The molecule has 0 aliphatic heterocycles. The lowest BCUT2D eigenvalue weighted by Gasteiger charge is -2.09. The molecular weight excluding hydrogens is 200 g/mol. The summed E-state index contributed by atoms with van der Waals surface area (Å²) in [7, 11) is 0. The zero-order chi connectivity index (χ0) is 9.84. The number of amides is 1. The minimum Gasteiger partial charge on any atom is -0.325 e. The van der Waals surface area contributed by atoms with Crippen molar-refractivity contribution >= 4 is 24.0 Å². The molecule has 1 amide bonds. The van der Waals surface area contributed by atoms with Crippen molar-refractivity contribution in [2.45, 2.75) is 19.9 Å². The third kappa shape index (κ3) is 3.36. The summed E-state index contributed by atoms with van der Waals surface area (Å²) in [5.41, 5.74) is 7.28. The van der Waals surface area contributed by atoms with Crippen molar-refractivity contribution < 1.29 is 4.79 Å². The van der Waals surface area contributed by atoms with Gasteiger partial charge in [0.15, 0.2) is 0 Å². The number of rotatable bonds is 2. The van der Waals surface area contributed by atoms with Gasteiger partial charge in [-0.1, -0.05) is 18.2 Å². The SMILES string of the molecule is Cc1ccccc1NC(=O)C(C)N.Cl. The van der Waals surface area contributed by atoms with Crippen LogP contribution in [0.3, 0.4) is 0 Å². The quantitative estimate of drug-likeness (QED) is 0.788. The fourth-order valence-corrected chi connectivity index (χ4v) is 0.960. The maximum Gasteiger partial charge on any atom is 0.241 e. The number of benzene rings is 1. The smallest absolute Gasteiger partial charge is 0.241 e. The predicted octanol–water partition coefficient (Wildman–Crippen LogP) is 1.70. The van der Waals surface area contributed by atoms with Crippen LogP contribution in [-0.2, 0) is 4.79 Å². The van der Waals surface area contributed by atoms with Crippen LogP contribution in [0.4, 0.5) is 5.69 Å². The molecule has 0 fully saturated rings. The van der Waals surface area contributed by atoms with Crippen LogP contribution in [0.1, 0.15) is 12.5 Å². The molecule has 1 aromatic carbocycles. The topological polar surface area (TPSA) is 55.1 Å². The lowest BCUT2D eigenvalue weighted by atomic mass is 10.2. The highest BCUT2D eigenvalue weighted by atomic mass is 35.5. The maximum absolute atomic E-state index is 11.2. The number of carbonyl (C=O) groups is 1. The van der Waals surface area contributed by atoms with Crippen molar-refractivity contribution in [3.63, 3.8) is 0 Å².